The van der Waals surface area contributed by atoms with Gasteiger partial charge in [0.1, 0.15) is 0 Å². The van der Waals surface area contributed by atoms with Crippen LogP contribution >= 0.6 is 0 Å². The van der Waals surface area contributed by atoms with E-state index in [0.717, 1.165) is 0 Å². The van der Waals surface area contributed by atoms with E-state index in [1.807, 2.05) is 0 Å². The van der Waals surface area contributed by atoms with Crippen molar-refractivity contribution in [3.8, 4) is 0 Å². The number of fused-ring (bicyclic) bond motifs is 3. The summed E-state index contributed by atoms with van der Waals surface area (Å²) in [6, 6.07) is 18.3. The van der Waals surface area contributed by atoms with Gasteiger partial charge in [0, 0.05) is 27.8 Å². The molecule has 0 saturated heterocycles. The lowest BCUT2D eigenvalue weighted by atomic mass is 10.0. The minimum atomic E-state index is -0.750. The molecule has 0 spiro atoms. The van der Waals surface area contributed by atoms with Crippen LogP contribution in [0, 0.1) is 0 Å². The molecular formula is C28H44BNO2. The second kappa shape index (κ2) is 15.9. The Morgan fingerprint density at radius 3 is 1.47 bits per heavy atom. The summed E-state index contributed by atoms with van der Waals surface area (Å²) in [4.78, 5) is 0. The van der Waals surface area contributed by atoms with Crippen molar-refractivity contribution >= 4 is 29.5 Å². The maximum Gasteiger partial charge on any atom is 0.432 e. The lowest BCUT2D eigenvalue weighted by molar-refractivity contribution is 0.448. The minimum Gasteiger partial charge on any atom is -0.430 e. The maximum absolute atomic E-state index is 7.12. The number of benzene rings is 2. The third-order valence-electron chi connectivity index (χ3n) is 6.53. The number of unbranched alkanes of at least 4 members (excludes halogenated alkanes) is 11. The topological polar surface area (TPSA) is 45.4 Å². The van der Waals surface area contributed by atoms with Crippen LogP contribution in [0.3, 0.4) is 0 Å². The minimum absolute atomic E-state index is 0.558. The van der Waals surface area contributed by atoms with Crippen molar-refractivity contribution in [1.82, 2.24) is 4.57 Å². The molecule has 0 amide bonds. The summed E-state index contributed by atoms with van der Waals surface area (Å²) >= 11 is 0. The van der Waals surface area contributed by atoms with E-state index in [1.165, 1.54) is 105 Å². The third-order valence-corrected chi connectivity index (χ3v) is 6.53. The number of para-hydroxylation sites is 2. The highest BCUT2D eigenvalue weighted by Gasteiger charge is 2.14. The Hall–Kier alpha value is -1.78. The van der Waals surface area contributed by atoms with E-state index in [-0.39, 0.29) is 0 Å². The summed E-state index contributed by atoms with van der Waals surface area (Å²) in [5.41, 5.74) is 2.78. The zero-order chi connectivity index (χ0) is 23.0. The number of hydrogen-bond acceptors (Lipinski definition) is 2. The fraction of sp³-hybridized carbons (Fsp3) is 0.571. The van der Waals surface area contributed by atoms with Gasteiger partial charge in [0.2, 0.25) is 0 Å². The lowest BCUT2D eigenvalue weighted by Crippen LogP contribution is -2.04. The lowest BCUT2D eigenvalue weighted by Gasteiger charge is -2.17. The van der Waals surface area contributed by atoms with Crippen molar-refractivity contribution in [1.29, 1.82) is 0 Å². The summed E-state index contributed by atoms with van der Waals surface area (Å²) in [6.45, 7) is 4.70. The summed E-state index contributed by atoms with van der Waals surface area (Å²) in [5, 5.41) is 17.0. The molecule has 0 fully saturated rings. The zero-order valence-corrected chi connectivity index (χ0v) is 20.4. The molecule has 0 aliphatic carbocycles. The van der Waals surface area contributed by atoms with Crippen LogP contribution in [-0.4, -0.2) is 22.3 Å². The molecule has 2 N–H and O–H groups in total. The second-order valence-electron chi connectivity index (χ2n) is 9.07. The summed E-state index contributed by atoms with van der Waals surface area (Å²) in [5.74, 6) is 0. The number of aromatic nitrogens is 1. The molecular weight excluding hydrogens is 393 g/mol. The van der Waals surface area contributed by atoms with Crippen LogP contribution in [0.15, 0.2) is 48.5 Å². The SMILES string of the molecule is CCCCCCCCCCCCCCC(C)n1c2ccccc2c2ccccc21.OBO. The molecule has 176 valence electrons. The van der Waals surface area contributed by atoms with E-state index in [9.17, 15) is 0 Å². The zero-order valence-electron chi connectivity index (χ0n) is 20.4. The first-order valence-corrected chi connectivity index (χ1v) is 12.9. The largest absolute Gasteiger partial charge is 0.432 e. The Morgan fingerprint density at radius 2 is 1.03 bits per heavy atom. The predicted molar refractivity (Wildman–Crippen MR) is 141 cm³/mol. The van der Waals surface area contributed by atoms with Gasteiger partial charge in [-0.25, -0.2) is 0 Å². The van der Waals surface area contributed by atoms with E-state index in [1.54, 1.807) is 0 Å². The first-order chi connectivity index (χ1) is 15.7. The smallest absolute Gasteiger partial charge is 0.430 e. The fourth-order valence-corrected chi connectivity index (χ4v) is 4.84. The van der Waals surface area contributed by atoms with E-state index >= 15 is 0 Å². The molecule has 0 saturated carbocycles. The van der Waals surface area contributed by atoms with Gasteiger partial charge < -0.3 is 14.6 Å². The first kappa shape index (κ1) is 26.5. The monoisotopic (exact) mass is 437 g/mol. The molecule has 0 bridgehead atoms. The number of hydrogen-bond donors (Lipinski definition) is 2. The highest BCUT2D eigenvalue weighted by Crippen LogP contribution is 2.33. The summed E-state index contributed by atoms with van der Waals surface area (Å²) < 4.78 is 2.57. The Morgan fingerprint density at radius 1 is 0.656 bits per heavy atom. The Bertz CT molecular complexity index is 823. The van der Waals surface area contributed by atoms with Gasteiger partial charge in [0.05, 0.1) is 0 Å². The first-order valence-electron chi connectivity index (χ1n) is 12.9. The van der Waals surface area contributed by atoms with Crippen LogP contribution in [0.4, 0.5) is 0 Å². The maximum atomic E-state index is 7.12. The average molecular weight is 437 g/mol. The Balaban J connectivity index is 0.00000114. The molecule has 0 aliphatic rings. The molecule has 1 aromatic heterocycles. The molecule has 1 unspecified atom stereocenters. The van der Waals surface area contributed by atoms with Crippen LogP contribution in [0.5, 0.6) is 0 Å². The van der Waals surface area contributed by atoms with Gasteiger partial charge >= 0.3 is 7.69 Å². The van der Waals surface area contributed by atoms with Gasteiger partial charge in [-0.05, 0) is 25.5 Å². The van der Waals surface area contributed by atoms with Crippen LogP contribution in [0.25, 0.3) is 21.8 Å². The van der Waals surface area contributed by atoms with Crippen LogP contribution < -0.4 is 0 Å². The fourth-order valence-electron chi connectivity index (χ4n) is 4.84. The van der Waals surface area contributed by atoms with Gasteiger partial charge in [0.15, 0.2) is 0 Å². The normalized spacial score (nSPS) is 12.0. The highest BCUT2D eigenvalue weighted by atomic mass is 16.4. The van der Waals surface area contributed by atoms with Crippen molar-refractivity contribution in [3.05, 3.63) is 48.5 Å². The van der Waals surface area contributed by atoms with Gasteiger partial charge in [-0.2, -0.15) is 0 Å². The molecule has 0 aliphatic heterocycles. The third kappa shape index (κ3) is 8.29. The van der Waals surface area contributed by atoms with Crippen molar-refractivity contribution in [2.24, 2.45) is 0 Å². The molecule has 0 radical (unpaired) electrons. The molecule has 3 aromatic rings. The number of rotatable bonds is 14. The molecule has 1 atom stereocenters. The molecule has 3 rings (SSSR count). The standard InChI is InChI=1S/C28H41N.BH3O2/c1-3-4-5-6-7-8-9-10-11-12-13-14-19-24(2)29-27-22-17-15-20-25(27)26-21-16-18-23-28(26)29;2-1-3/h15-18,20-24H,3-14,19H2,1-2H3;1-3H. The second-order valence-corrected chi connectivity index (χ2v) is 9.07. The van der Waals surface area contributed by atoms with Gasteiger partial charge in [-0.15, -0.1) is 0 Å². The van der Waals surface area contributed by atoms with Gasteiger partial charge in [-0.3, -0.25) is 0 Å². The van der Waals surface area contributed by atoms with E-state index in [4.69, 9.17) is 10.0 Å². The Labute approximate surface area is 196 Å². The van der Waals surface area contributed by atoms with Crippen molar-refractivity contribution in [3.63, 3.8) is 0 Å². The van der Waals surface area contributed by atoms with Crippen LogP contribution in [-0.2, 0) is 0 Å². The summed E-state index contributed by atoms with van der Waals surface area (Å²) in [7, 11) is -0.750. The van der Waals surface area contributed by atoms with Gasteiger partial charge in [-0.1, -0.05) is 120 Å². The predicted octanol–water partition coefficient (Wildman–Crippen LogP) is 7.68. The van der Waals surface area contributed by atoms with Crippen LogP contribution in [0.2, 0.25) is 0 Å². The van der Waals surface area contributed by atoms with Gasteiger partial charge in [0.25, 0.3) is 0 Å². The number of nitrogens with zero attached hydrogens (tertiary/aromatic N) is 1. The Kier molecular flexibility index (Phi) is 13.2. The molecule has 2 aromatic carbocycles. The molecule has 3 nitrogen and oxygen atoms in total. The van der Waals surface area contributed by atoms with E-state index < -0.39 is 7.69 Å². The molecule has 32 heavy (non-hydrogen) atoms. The molecule has 1 heterocycles. The quantitative estimate of drug-likeness (QED) is 0.201. The summed E-state index contributed by atoms with van der Waals surface area (Å²) in [6.07, 6.45) is 18.3. The average Bonchev–Trinajstić information content (AvgIpc) is 3.15. The van der Waals surface area contributed by atoms with E-state index in [0.29, 0.717) is 6.04 Å². The van der Waals surface area contributed by atoms with Crippen molar-refractivity contribution < 1.29 is 10.0 Å². The van der Waals surface area contributed by atoms with E-state index in [2.05, 4.69) is 66.9 Å². The van der Waals surface area contributed by atoms with Crippen LogP contribution in [0.1, 0.15) is 103 Å². The molecule has 4 heteroatoms. The van der Waals surface area contributed by atoms with Crippen molar-refractivity contribution in [2.45, 2.75) is 103 Å². The van der Waals surface area contributed by atoms with Crippen molar-refractivity contribution in [2.75, 3.05) is 0 Å². The highest BCUT2D eigenvalue weighted by molar-refractivity contribution is 6.13.